The van der Waals surface area contributed by atoms with Crippen LogP contribution in [0, 0.1) is 0 Å². The number of carbonyl (C=O) groups excluding carboxylic acids is 2. The molecule has 0 spiro atoms. The second-order valence-corrected chi connectivity index (χ2v) is 9.89. The molecule has 1 N–H and O–H groups in total. The zero-order chi connectivity index (χ0) is 25.6. The standard InChI is InChI=1S/C30H31ClN4O2/c31-24-13-8-11-23(20-24)30(37)32-18-7-1-2-17-28-33-25-14-4-6-16-27(25)35(28)21-29(36)34-19-9-12-22-10-3-5-15-26(22)34/h3-6,8,10-11,13-16,20H,1-2,7,9,12,17-19,21H2,(H,32,37). The number of nitrogens with one attached hydrogen (secondary N) is 1. The SMILES string of the molecule is O=C(NCCCCCc1nc2ccccc2n1CC(=O)N1CCCc2ccccc21)c1cccc(Cl)c1. The van der Waals surface area contributed by atoms with Crippen molar-refractivity contribution in [2.45, 2.75) is 45.1 Å². The van der Waals surface area contributed by atoms with E-state index in [2.05, 4.69) is 16.0 Å². The van der Waals surface area contributed by atoms with Gasteiger partial charge in [0.2, 0.25) is 5.91 Å². The van der Waals surface area contributed by atoms with E-state index in [0.29, 0.717) is 17.1 Å². The summed E-state index contributed by atoms with van der Waals surface area (Å²) in [5, 5.41) is 3.51. The van der Waals surface area contributed by atoms with Crippen LogP contribution in [-0.2, 0) is 24.2 Å². The van der Waals surface area contributed by atoms with Crippen molar-refractivity contribution in [2.24, 2.45) is 0 Å². The van der Waals surface area contributed by atoms with Crippen LogP contribution in [0.1, 0.15) is 47.4 Å². The highest BCUT2D eigenvalue weighted by molar-refractivity contribution is 6.30. The van der Waals surface area contributed by atoms with E-state index >= 15 is 0 Å². The van der Waals surface area contributed by atoms with Crippen LogP contribution >= 0.6 is 11.6 Å². The van der Waals surface area contributed by atoms with E-state index in [-0.39, 0.29) is 18.4 Å². The third-order valence-corrected chi connectivity index (χ3v) is 7.12. The summed E-state index contributed by atoms with van der Waals surface area (Å²) in [6.07, 6.45) is 5.52. The summed E-state index contributed by atoms with van der Waals surface area (Å²) in [4.78, 5) is 32.5. The minimum atomic E-state index is -0.109. The van der Waals surface area contributed by atoms with E-state index in [1.165, 1.54) is 5.56 Å². The fourth-order valence-electron chi connectivity index (χ4n) is 5.02. The molecule has 0 saturated carbocycles. The van der Waals surface area contributed by atoms with Crippen molar-refractivity contribution < 1.29 is 9.59 Å². The lowest BCUT2D eigenvalue weighted by Gasteiger charge is -2.29. The average molecular weight is 515 g/mol. The Kier molecular flexibility index (Phi) is 7.85. The Morgan fingerprint density at radius 2 is 1.78 bits per heavy atom. The van der Waals surface area contributed by atoms with Gasteiger partial charge in [-0.05, 0) is 67.6 Å². The zero-order valence-electron chi connectivity index (χ0n) is 20.8. The Morgan fingerprint density at radius 1 is 0.946 bits per heavy atom. The number of unbranched alkanes of at least 4 members (excludes halogenated alkanes) is 2. The quantitative estimate of drug-likeness (QED) is 0.286. The molecule has 1 aliphatic heterocycles. The third-order valence-electron chi connectivity index (χ3n) is 6.89. The first-order valence-corrected chi connectivity index (χ1v) is 13.3. The first kappa shape index (κ1) is 25.0. The molecule has 3 aromatic carbocycles. The molecular formula is C30H31ClN4O2. The Hall–Kier alpha value is -3.64. The number of aryl methyl sites for hydroxylation is 2. The van der Waals surface area contributed by atoms with Crippen LogP contribution in [-0.4, -0.2) is 34.5 Å². The molecule has 0 unspecified atom stereocenters. The first-order chi connectivity index (χ1) is 18.1. The molecule has 1 aliphatic rings. The lowest BCUT2D eigenvalue weighted by molar-refractivity contribution is -0.119. The lowest BCUT2D eigenvalue weighted by atomic mass is 10.0. The smallest absolute Gasteiger partial charge is 0.251 e. The van der Waals surface area contributed by atoms with E-state index in [9.17, 15) is 9.59 Å². The normalized spacial score (nSPS) is 12.9. The molecular weight excluding hydrogens is 484 g/mol. The van der Waals surface area contributed by atoms with Gasteiger partial charge in [-0.25, -0.2) is 4.98 Å². The van der Waals surface area contributed by atoms with Gasteiger partial charge in [-0.1, -0.05) is 54.4 Å². The highest BCUT2D eigenvalue weighted by Crippen LogP contribution is 2.27. The predicted octanol–water partition coefficient (Wildman–Crippen LogP) is 5.81. The summed E-state index contributed by atoms with van der Waals surface area (Å²) in [5.74, 6) is 0.921. The highest BCUT2D eigenvalue weighted by atomic mass is 35.5. The molecule has 2 amide bonds. The molecule has 7 heteroatoms. The molecule has 0 atom stereocenters. The Morgan fingerprint density at radius 3 is 2.68 bits per heavy atom. The van der Waals surface area contributed by atoms with Crippen LogP contribution in [0.2, 0.25) is 5.02 Å². The van der Waals surface area contributed by atoms with Gasteiger partial charge in [0.05, 0.1) is 11.0 Å². The molecule has 6 nitrogen and oxygen atoms in total. The Labute approximate surface area is 222 Å². The van der Waals surface area contributed by atoms with Gasteiger partial charge in [-0.2, -0.15) is 0 Å². The number of hydrogen-bond donors (Lipinski definition) is 1. The van der Waals surface area contributed by atoms with Gasteiger partial charge >= 0.3 is 0 Å². The van der Waals surface area contributed by atoms with E-state index in [4.69, 9.17) is 16.6 Å². The fraction of sp³-hybridized carbons (Fsp3) is 0.300. The van der Waals surface area contributed by atoms with Crippen LogP contribution in [0.15, 0.2) is 72.8 Å². The van der Waals surface area contributed by atoms with Gasteiger partial charge in [0.15, 0.2) is 0 Å². The van der Waals surface area contributed by atoms with E-state index in [1.54, 1.807) is 24.3 Å². The van der Waals surface area contributed by atoms with Gasteiger partial charge in [0, 0.05) is 35.8 Å². The summed E-state index contributed by atoms with van der Waals surface area (Å²) in [5.41, 5.74) is 4.75. The van der Waals surface area contributed by atoms with Crippen LogP contribution in [0.4, 0.5) is 5.69 Å². The summed E-state index contributed by atoms with van der Waals surface area (Å²) < 4.78 is 2.08. The van der Waals surface area contributed by atoms with Crippen molar-refractivity contribution in [3.05, 3.63) is 94.8 Å². The van der Waals surface area contributed by atoms with Crippen molar-refractivity contribution >= 4 is 40.1 Å². The highest BCUT2D eigenvalue weighted by Gasteiger charge is 2.23. The van der Waals surface area contributed by atoms with Gasteiger partial charge in [0.25, 0.3) is 5.91 Å². The number of benzene rings is 3. The first-order valence-electron chi connectivity index (χ1n) is 13.0. The Bertz CT molecular complexity index is 1410. The van der Waals surface area contributed by atoms with Crippen LogP contribution in [0.25, 0.3) is 11.0 Å². The molecule has 0 bridgehead atoms. The summed E-state index contributed by atoms with van der Waals surface area (Å²) in [7, 11) is 0. The van der Waals surface area contributed by atoms with Gasteiger partial charge < -0.3 is 14.8 Å². The van der Waals surface area contributed by atoms with E-state index < -0.39 is 0 Å². The molecule has 4 aromatic rings. The molecule has 5 rings (SSSR count). The molecule has 37 heavy (non-hydrogen) atoms. The van der Waals surface area contributed by atoms with Crippen molar-refractivity contribution in [1.29, 1.82) is 0 Å². The molecule has 2 heterocycles. The number of rotatable bonds is 9. The predicted molar refractivity (Wildman–Crippen MR) is 148 cm³/mol. The van der Waals surface area contributed by atoms with Crippen molar-refractivity contribution in [3.8, 4) is 0 Å². The number of aromatic nitrogens is 2. The number of para-hydroxylation sites is 3. The van der Waals surface area contributed by atoms with E-state index in [1.807, 2.05) is 47.4 Å². The number of carbonyl (C=O) groups is 2. The van der Waals surface area contributed by atoms with E-state index in [0.717, 1.165) is 67.6 Å². The number of halogens is 1. The molecule has 0 aliphatic carbocycles. The average Bonchev–Trinajstić information content (AvgIpc) is 3.27. The molecule has 0 radical (unpaired) electrons. The fourth-order valence-corrected chi connectivity index (χ4v) is 5.21. The van der Waals surface area contributed by atoms with Gasteiger partial charge in [0.1, 0.15) is 12.4 Å². The number of hydrogen-bond acceptors (Lipinski definition) is 3. The maximum Gasteiger partial charge on any atom is 0.251 e. The number of fused-ring (bicyclic) bond motifs is 2. The summed E-state index contributed by atoms with van der Waals surface area (Å²) in [6.45, 7) is 1.63. The van der Waals surface area contributed by atoms with Crippen molar-refractivity contribution in [2.75, 3.05) is 18.0 Å². The number of imidazole rings is 1. The molecule has 0 fully saturated rings. The largest absolute Gasteiger partial charge is 0.352 e. The maximum atomic E-state index is 13.5. The van der Waals surface area contributed by atoms with Crippen LogP contribution in [0.3, 0.4) is 0 Å². The summed E-state index contributed by atoms with van der Waals surface area (Å²) in [6, 6.07) is 23.2. The number of amides is 2. The topological polar surface area (TPSA) is 67.2 Å². The molecule has 0 saturated heterocycles. The van der Waals surface area contributed by atoms with Crippen LogP contribution in [0.5, 0.6) is 0 Å². The summed E-state index contributed by atoms with van der Waals surface area (Å²) >= 11 is 5.98. The minimum absolute atomic E-state index is 0.0975. The molecule has 190 valence electrons. The third kappa shape index (κ3) is 5.86. The minimum Gasteiger partial charge on any atom is -0.352 e. The van der Waals surface area contributed by atoms with Crippen LogP contribution < -0.4 is 10.2 Å². The van der Waals surface area contributed by atoms with Crippen molar-refractivity contribution in [1.82, 2.24) is 14.9 Å². The second kappa shape index (κ2) is 11.6. The monoisotopic (exact) mass is 514 g/mol. The number of anilines is 1. The van der Waals surface area contributed by atoms with Gasteiger partial charge in [-0.3, -0.25) is 9.59 Å². The second-order valence-electron chi connectivity index (χ2n) is 9.46. The lowest BCUT2D eigenvalue weighted by Crippen LogP contribution is -2.38. The Balaban J connectivity index is 1.19. The molecule has 1 aromatic heterocycles. The maximum absolute atomic E-state index is 13.5. The van der Waals surface area contributed by atoms with Crippen molar-refractivity contribution in [3.63, 3.8) is 0 Å². The number of nitrogens with zero attached hydrogens (tertiary/aromatic N) is 3. The van der Waals surface area contributed by atoms with Gasteiger partial charge in [-0.15, -0.1) is 0 Å². The zero-order valence-corrected chi connectivity index (χ0v) is 21.6.